The number of carbonyl (C=O) groups excluding carboxylic acids is 1. The second kappa shape index (κ2) is 7.57. The van der Waals surface area contributed by atoms with Gasteiger partial charge in [0, 0.05) is 5.56 Å². The largest absolute Gasteiger partial charge is 0.479 e. The number of amides is 1. The lowest BCUT2D eigenvalue weighted by Crippen LogP contribution is -2.37. The fourth-order valence-electron chi connectivity index (χ4n) is 2.52. The molecule has 0 unspecified atom stereocenters. The summed E-state index contributed by atoms with van der Waals surface area (Å²) in [5.74, 6) is -2.39. The Bertz CT molecular complexity index is 913. The van der Waals surface area contributed by atoms with Crippen LogP contribution in [0.4, 0.5) is 4.39 Å². The van der Waals surface area contributed by atoms with Crippen LogP contribution < -0.4 is 0 Å². The summed E-state index contributed by atoms with van der Waals surface area (Å²) >= 11 is 12.1. The number of benzene rings is 2. The molecule has 0 spiro atoms. The summed E-state index contributed by atoms with van der Waals surface area (Å²) in [4.78, 5) is 25.7. The smallest absolute Gasteiger partial charge is 0.331 e. The zero-order valence-corrected chi connectivity index (χ0v) is 15.4. The number of carbonyl (C=O) groups is 2. The zero-order chi connectivity index (χ0) is 18.8. The molecule has 1 atom stereocenters. The molecule has 1 aliphatic heterocycles. The lowest BCUT2D eigenvalue weighted by molar-refractivity contribution is -0.145. The van der Waals surface area contributed by atoms with E-state index in [4.69, 9.17) is 23.8 Å². The molecule has 8 heteroatoms. The van der Waals surface area contributed by atoms with Gasteiger partial charge in [-0.15, -0.1) is 0 Å². The Morgan fingerprint density at radius 2 is 1.92 bits per heavy atom. The summed E-state index contributed by atoms with van der Waals surface area (Å²) in [6, 6.07) is 11.2. The van der Waals surface area contributed by atoms with Gasteiger partial charge in [-0.05, 0) is 23.8 Å². The number of hydrogen-bond acceptors (Lipinski definition) is 4. The van der Waals surface area contributed by atoms with Crippen molar-refractivity contribution in [3.8, 4) is 0 Å². The Hall–Kier alpha value is -2.22. The minimum atomic E-state index is -1.26. The van der Waals surface area contributed by atoms with Crippen LogP contribution in [0.15, 0.2) is 53.4 Å². The fourth-order valence-corrected chi connectivity index (χ4v) is 4.03. The Labute approximate surface area is 163 Å². The first-order valence-corrected chi connectivity index (χ1v) is 8.99. The van der Waals surface area contributed by atoms with Crippen LogP contribution in [0.1, 0.15) is 17.2 Å². The average Bonchev–Trinajstić information content (AvgIpc) is 2.87. The zero-order valence-electron chi connectivity index (χ0n) is 13.1. The number of thioether (sulfide) groups is 1. The molecule has 0 aliphatic carbocycles. The normalized spacial score (nSPS) is 17.0. The molecule has 132 valence electrons. The lowest BCUT2D eigenvalue weighted by atomic mass is 10.1. The molecule has 2 aromatic rings. The molecule has 0 radical (unpaired) electrons. The summed E-state index contributed by atoms with van der Waals surface area (Å²) in [7, 11) is 0. The van der Waals surface area contributed by atoms with Crippen molar-refractivity contribution in [2.45, 2.75) is 6.04 Å². The van der Waals surface area contributed by atoms with Gasteiger partial charge in [0.05, 0.1) is 9.93 Å². The van der Waals surface area contributed by atoms with Gasteiger partial charge in [0.2, 0.25) is 0 Å². The topological polar surface area (TPSA) is 57.6 Å². The highest BCUT2D eigenvalue weighted by Gasteiger charge is 2.41. The number of carboxylic acids is 1. The number of hydrogen-bond donors (Lipinski definition) is 1. The number of halogens is 2. The van der Waals surface area contributed by atoms with Gasteiger partial charge < -0.3 is 5.11 Å². The number of carboxylic acid groups (broad SMARTS) is 1. The second-order valence-electron chi connectivity index (χ2n) is 5.34. The number of thiocarbonyl (C=S) groups is 1. The minimum absolute atomic E-state index is 0.0567. The third kappa shape index (κ3) is 3.51. The maximum Gasteiger partial charge on any atom is 0.331 e. The predicted molar refractivity (Wildman–Crippen MR) is 103 cm³/mol. The molecule has 1 aliphatic rings. The molecule has 1 amide bonds. The summed E-state index contributed by atoms with van der Waals surface area (Å²) in [6.45, 7) is 0. The molecule has 3 rings (SSSR count). The van der Waals surface area contributed by atoms with Gasteiger partial charge in [0.25, 0.3) is 5.91 Å². The van der Waals surface area contributed by atoms with Crippen molar-refractivity contribution in [1.29, 1.82) is 0 Å². The molecule has 1 N–H and O–H groups in total. The van der Waals surface area contributed by atoms with E-state index in [1.54, 1.807) is 30.3 Å². The molecule has 1 saturated heterocycles. The molecule has 1 heterocycles. The molecule has 4 nitrogen and oxygen atoms in total. The third-order valence-electron chi connectivity index (χ3n) is 3.71. The SMILES string of the molecule is O=C(O)[C@H](c1ccccc1)N1C(=O)C(=Cc2c(F)cccc2Cl)SC1=S. The van der Waals surface area contributed by atoms with E-state index in [1.807, 2.05) is 0 Å². The molecular formula is C18H11ClFNO3S2. The van der Waals surface area contributed by atoms with Gasteiger partial charge in [-0.3, -0.25) is 9.69 Å². The Balaban J connectivity index is 2.01. The van der Waals surface area contributed by atoms with Crippen molar-refractivity contribution in [3.63, 3.8) is 0 Å². The average molecular weight is 408 g/mol. The quantitative estimate of drug-likeness (QED) is 0.597. The summed E-state index contributed by atoms with van der Waals surface area (Å²) < 4.78 is 14.1. The van der Waals surface area contributed by atoms with E-state index in [0.29, 0.717) is 5.56 Å². The van der Waals surface area contributed by atoms with Gasteiger partial charge in [0.1, 0.15) is 10.1 Å². The number of nitrogens with zero attached hydrogens (tertiary/aromatic N) is 1. The van der Waals surface area contributed by atoms with Crippen molar-refractivity contribution < 1.29 is 19.1 Å². The molecule has 0 saturated carbocycles. The summed E-state index contributed by atoms with van der Waals surface area (Å²) in [6.07, 6.45) is 1.29. The van der Waals surface area contributed by atoms with Gasteiger partial charge in [-0.1, -0.05) is 72.0 Å². The van der Waals surface area contributed by atoms with Gasteiger partial charge in [-0.25, -0.2) is 9.18 Å². The van der Waals surface area contributed by atoms with E-state index >= 15 is 0 Å². The predicted octanol–water partition coefficient (Wildman–Crippen LogP) is 4.51. The monoisotopic (exact) mass is 407 g/mol. The standard InChI is InChI=1S/C18H11ClFNO3S2/c19-12-7-4-8-13(20)11(12)9-14-16(22)21(18(25)26-14)15(17(23)24)10-5-2-1-3-6-10/h1-9,15H,(H,23,24)/t15-/m0/s1. The third-order valence-corrected chi connectivity index (χ3v) is 5.37. The molecular weight excluding hydrogens is 397 g/mol. The first kappa shape index (κ1) is 18.6. The number of aliphatic carboxylic acids is 1. The van der Waals surface area contributed by atoms with Crippen LogP contribution in [0.5, 0.6) is 0 Å². The van der Waals surface area contributed by atoms with Crippen molar-refractivity contribution in [3.05, 3.63) is 75.4 Å². The number of rotatable bonds is 4. The van der Waals surface area contributed by atoms with Crippen molar-refractivity contribution in [1.82, 2.24) is 4.90 Å². The lowest BCUT2D eigenvalue weighted by Gasteiger charge is -2.23. The van der Waals surface area contributed by atoms with Crippen LogP contribution in [0.25, 0.3) is 6.08 Å². The second-order valence-corrected chi connectivity index (χ2v) is 7.42. The van der Waals surface area contributed by atoms with Crippen molar-refractivity contribution >= 4 is 57.9 Å². The van der Waals surface area contributed by atoms with Crippen LogP contribution in [0, 0.1) is 5.82 Å². The van der Waals surface area contributed by atoms with E-state index in [9.17, 15) is 19.1 Å². The van der Waals surface area contributed by atoms with Crippen LogP contribution in [0.2, 0.25) is 5.02 Å². The van der Waals surface area contributed by atoms with E-state index in [1.165, 1.54) is 24.3 Å². The van der Waals surface area contributed by atoms with E-state index in [-0.39, 0.29) is 19.8 Å². The molecule has 2 aromatic carbocycles. The van der Waals surface area contributed by atoms with Crippen LogP contribution in [-0.2, 0) is 9.59 Å². The molecule has 1 fully saturated rings. The van der Waals surface area contributed by atoms with Crippen LogP contribution in [-0.4, -0.2) is 26.2 Å². The Morgan fingerprint density at radius 1 is 1.23 bits per heavy atom. The highest BCUT2D eigenvalue weighted by Crippen LogP contribution is 2.39. The van der Waals surface area contributed by atoms with Gasteiger partial charge in [-0.2, -0.15) is 0 Å². The Kier molecular flexibility index (Phi) is 5.41. The summed E-state index contributed by atoms with van der Waals surface area (Å²) in [5.41, 5.74) is 0.475. The van der Waals surface area contributed by atoms with Gasteiger partial charge in [0.15, 0.2) is 6.04 Å². The summed E-state index contributed by atoms with van der Waals surface area (Å²) in [5, 5.41) is 9.77. The van der Waals surface area contributed by atoms with E-state index in [2.05, 4.69) is 0 Å². The van der Waals surface area contributed by atoms with Crippen LogP contribution in [0.3, 0.4) is 0 Å². The van der Waals surface area contributed by atoms with Gasteiger partial charge >= 0.3 is 5.97 Å². The highest BCUT2D eigenvalue weighted by molar-refractivity contribution is 8.26. The first-order valence-electron chi connectivity index (χ1n) is 7.39. The fraction of sp³-hybridized carbons (Fsp3) is 0.0556. The maximum absolute atomic E-state index is 14.0. The molecule has 0 bridgehead atoms. The van der Waals surface area contributed by atoms with E-state index < -0.39 is 23.7 Å². The Morgan fingerprint density at radius 3 is 2.54 bits per heavy atom. The van der Waals surface area contributed by atoms with Crippen LogP contribution >= 0.6 is 35.6 Å². The molecule has 26 heavy (non-hydrogen) atoms. The highest BCUT2D eigenvalue weighted by atomic mass is 35.5. The molecule has 0 aromatic heterocycles. The van der Waals surface area contributed by atoms with Crippen molar-refractivity contribution in [2.24, 2.45) is 0 Å². The minimum Gasteiger partial charge on any atom is -0.479 e. The first-order chi connectivity index (χ1) is 12.4. The van der Waals surface area contributed by atoms with E-state index in [0.717, 1.165) is 16.7 Å². The maximum atomic E-state index is 14.0. The van der Waals surface area contributed by atoms with Crippen molar-refractivity contribution in [2.75, 3.05) is 0 Å².